The fourth-order valence-corrected chi connectivity index (χ4v) is 2.12. The summed E-state index contributed by atoms with van der Waals surface area (Å²) in [7, 11) is 1.97. The van der Waals surface area contributed by atoms with Crippen LogP contribution in [0.15, 0.2) is 24.3 Å². The van der Waals surface area contributed by atoms with Crippen molar-refractivity contribution in [3.8, 4) is 0 Å². The summed E-state index contributed by atoms with van der Waals surface area (Å²) in [5.74, 6) is 0.634. The van der Waals surface area contributed by atoms with Crippen LogP contribution in [-0.2, 0) is 6.42 Å². The van der Waals surface area contributed by atoms with Gasteiger partial charge in [0.15, 0.2) is 0 Å². The van der Waals surface area contributed by atoms with Crippen molar-refractivity contribution < 1.29 is 0 Å². The number of hydrogen-bond donors (Lipinski definition) is 1. The van der Waals surface area contributed by atoms with E-state index in [9.17, 15) is 0 Å². The van der Waals surface area contributed by atoms with Crippen molar-refractivity contribution in [2.75, 3.05) is 12.4 Å². The number of hydrogen-bond acceptors (Lipinski definition) is 2. The summed E-state index contributed by atoms with van der Waals surface area (Å²) >= 11 is 0. The van der Waals surface area contributed by atoms with Gasteiger partial charge in [-0.3, -0.25) is 4.98 Å². The van der Waals surface area contributed by atoms with E-state index >= 15 is 0 Å². The quantitative estimate of drug-likeness (QED) is 0.864. The number of rotatable bonds is 3. The molecule has 1 aromatic carbocycles. The van der Waals surface area contributed by atoms with Crippen molar-refractivity contribution in [1.82, 2.24) is 4.98 Å². The second kappa shape index (κ2) is 4.74. The molecule has 2 nitrogen and oxygen atoms in total. The second-order valence-corrected chi connectivity index (χ2v) is 5.03. The maximum atomic E-state index is 4.73. The zero-order valence-corrected chi connectivity index (χ0v) is 11.0. The number of benzene rings is 1. The van der Waals surface area contributed by atoms with Gasteiger partial charge in [-0.25, -0.2) is 0 Å². The van der Waals surface area contributed by atoms with E-state index in [1.165, 1.54) is 22.3 Å². The maximum Gasteiger partial charge on any atom is 0.0726 e. The third-order valence-electron chi connectivity index (χ3n) is 2.90. The monoisotopic (exact) mass is 228 g/mol. The Hall–Kier alpha value is -1.57. The molecular formula is C15H20N2. The van der Waals surface area contributed by atoms with E-state index in [2.05, 4.69) is 50.4 Å². The van der Waals surface area contributed by atoms with Gasteiger partial charge in [-0.2, -0.15) is 0 Å². The van der Waals surface area contributed by atoms with Crippen molar-refractivity contribution >= 4 is 16.6 Å². The molecule has 0 aliphatic rings. The van der Waals surface area contributed by atoms with Gasteiger partial charge in [-0.15, -0.1) is 0 Å². The zero-order chi connectivity index (χ0) is 12.4. The summed E-state index contributed by atoms with van der Waals surface area (Å²) in [6.07, 6.45) is 1.03. The van der Waals surface area contributed by atoms with Crippen LogP contribution in [-0.4, -0.2) is 12.0 Å². The SMILES string of the molecule is CNc1cc(CC(C)C)nc2ccc(C)cc12. The van der Waals surface area contributed by atoms with Crippen LogP contribution in [0.1, 0.15) is 25.1 Å². The smallest absolute Gasteiger partial charge is 0.0726 e. The first-order chi connectivity index (χ1) is 8.10. The van der Waals surface area contributed by atoms with E-state index in [0.29, 0.717) is 5.92 Å². The standard InChI is InChI=1S/C15H20N2/c1-10(2)7-12-9-15(16-4)13-8-11(3)5-6-14(13)17-12/h5-6,8-10H,7H2,1-4H3,(H,16,17). The van der Waals surface area contributed by atoms with E-state index in [1.807, 2.05) is 7.05 Å². The van der Waals surface area contributed by atoms with Crippen molar-refractivity contribution in [1.29, 1.82) is 0 Å². The fourth-order valence-electron chi connectivity index (χ4n) is 2.12. The molecule has 0 saturated carbocycles. The van der Waals surface area contributed by atoms with E-state index in [1.54, 1.807) is 0 Å². The normalized spacial score (nSPS) is 11.1. The average Bonchev–Trinajstić information content (AvgIpc) is 2.27. The lowest BCUT2D eigenvalue weighted by Crippen LogP contribution is -2.00. The van der Waals surface area contributed by atoms with Crippen molar-refractivity contribution in [3.05, 3.63) is 35.5 Å². The Kier molecular flexibility index (Phi) is 3.32. The summed E-state index contributed by atoms with van der Waals surface area (Å²) in [6, 6.07) is 8.58. The van der Waals surface area contributed by atoms with Gasteiger partial charge in [-0.05, 0) is 37.5 Å². The van der Waals surface area contributed by atoms with Crippen LogP contribution in [0.25, 0.3) is 10.9 Å². The highest BCUT2D eigenvalue weighted by molar-refractivity contribution is 5.91. The van der Waals surface area contributed by atoms with Crippen LogP contribution < -0.4 is 5.32 Å². The maximum absolute atomic E-state index is 4.73. The number of nitrogens with zero attached hydrogens (tertiary/aromatic N) is 1. The zero-order valence-electron chi connectivity index (χ0n) is 11.0. The Balaban J connectivity index is 2.58. The predicted molar refractivity (Wildman–Crippen MR) is 74.6 cm³/mol. The van der Waals surface area contributed by atoms with Crippen LogP contribution >= 0.6 is 0 Å². The van der Waals surface area contributed by atoms with Crippen molar-refractivity contribution in [2.24, 2.45) is 5.92 Å². The molecule has 0 amide bonds. The molecule has 1 aromatic heterocycles. The summed E-state index contributed by atoms with van der Waals surface area (Å²) in [4.78, 5) is 4.73. The fraction of sp³-hybridized carbons (Fsp3) is 0.400. The molecule has 1 N–H and O–H groups in total. The Morgan fingerprint density at radius 2 is 2.00 bits per heavy atom. The number of pyridine rings is 1. The highest BCUT2D eigenvalue weighted by atomic mass is 14.8. The Morgan fingerprint density at radius 1 is 1.24 bits per heavy atom. The molecule has 0 fully saturated rings. The summed E-state index contributed by atoms with van der Waals surface area (Å²) in [5.41, 5.74) is 4.69. The summed E-state index contributed by atoms with van der Waals surface area (Å²) in [6.45, 7) is 6.56. The minimum atomic E-state index is 0.634. The number of anilines is 1. The molecule has 17 heavy (non-hydrogen) atoms. The number of nitrogens with one attached hydrogen (secondary N) is 1. The first-order valence-electron chi connectivity index (χ1n) is 6.18. The molecule has 0 radical (unpaired) electrons. The van der Waals surface area contributed by atoms with E-state index < -0.39 is 0 Å². The molecule has 2 heteroatoms. The van der Waals surface area contributed by atoms with E-state index in [0.717, 1.165) is 11.9 Å². The Labute approximate surface area is 103 Å². The van der Waals surface area contributed by atoms with Gasteiger partial charge in [0, 0.05) is 23.8 Å². The first kappa shape index (κ1) is 11.9. The molecule has 0 aliphatic carbocycles. The van der Waals surface area contributed by atoms with Crippen LogP contribution in [0.2, 0.25) is 0 Å². The molecule has 0 atom stereocenters. The molecule has 90 valence electrons. The topological polar surface area (TPSA) is 24.9 Å². The van der Waals surface area contributed by atoms with E-state index in [-0.39, 0.29) is 0 Å². The first-order valence-corrected chi connectivity index (χ1v) is 6.18. The molecular weight excluding hydrogens is 208 g/mol. The van der Waals surface area contributed by atoms with Crippen molar-refractivity contribution in [3.63, 3.8) is 0 Å². The summed E-state index contributed by atoms with van der Waals surface area (Å²) < 4.78 is 0. The number of fused-ring (bicyclic) bond motifs is 1. The predicted octanol–water partition coefficient (Wildman–Crippen LogP) is 3.78. The lowest BCUT2D eigenvalue weighted by atomic mass is 10.0. The Bertz CT molecular complexity index is 530. The molecule has 0 spiro atoms. The highest BCUT2D eigenvalue weighted by Gasteiger charge is 2.06. The molecule has 2 aromatic rings. The van der Waals surface area contributed by atoms with Crippen LogP contribution in [0.3, 0.4) is 0 Å². The van der Waals surface area contributed by atoms with Gasteiger partial charge < -0.3 is 5.32 Å². The molecule has 0 bridgehead atoms. The Morgan fingerprint density at radius 3 is 2.65 bits per heavy atom. The van der Waals surface area contributed by atoms with Gasteiger partial charge in [0.05, 0.1) is 5.52 Å². The largest absolute Gasteiger partial charge is 0.388 e. The molecule has 0 saturated heterocycles. The third kappa shape index (κ3) is 2.57. The van der Waals surface area contributed by atoms with Crippen LogP contribution in [0, 0.1) is 12.8 Å². The van der Waals surface area contributed by atoms with Crippen molar-refractivity contribution in [2.45, 2.75) is 27.2 Å². The molecule has 0 aliphatic heterocycles. The highest BCUT2D eigenvalue weighted by Crippen LogP contribution is 2.25. The molecule has 2 rings (SSSR count). The van der Waals surface area contributed by atoms with Crippen LogP contribution in [0.5, 0.6) is 0 Å². The summed E-state index contributed by atoms with van der Waals surface area (Å²) in [5, 5.41) is 4.48. The lowest BCUT2D eigenvalue weighted by Gasteiger charge is -2.11. The van der Waals surface area contributed by atoms with Gasteiger partial charge in [0.2, 0.25) is 0 Å². The van der Waals surface area contributed by atoms with Gasteiger partial charge in [-0.1, -0.05) is 25.5 Å². The van der Waals surface area contributed by atoms with Gasteiger partial charge in [0.25, 0.3) is 0 Å². The molecule has 1 heterocycles. The number of aromatic nitrogens is 1. The molecule has 0 unspecified atom stereocenters. The number of aryl methyl sites for hydroxylation is 1. The minimum absolute atomic E-state index is 0.634. The third-order valence-corrected chi connectivity index (χ3v) is 2.90. The minimum Gasteiger partial charge on any atom is -0.388 e. The lowest BCUT2D eigenvalue weighted by molar-refractivity contribution is 0.637. The van der Waals surface area contributed by atoms with Gasteiger partial charge >= 0.3 is 0 Å². The van der Waals surface area contributed by atoms with E-state index in [4.69, 9.17) is 4.98 Å². The average molecular weight is 228 g/mol. The second-order valence-electron chi connectivity index (χ2n) is 5.03. The van der Waals surface area contributed by atoms with Gasteiger partial charge in [0.1, 0.15) is 0 Å². The van der Waals surface area contributed by atoms with Crippen LogP contribution in [0.4, 0.5) is 5.69 Å².